The van der Waals surface area contributed by atoms with Crippen molar-refractivity contribution in [2.45, 2.75) is 45.6 Å². The number of hydrogen-bond acceptors (Lipinski definition) is 3. The van der Waals surface area contributed by atoms with E-state index in [9.17, 15) is 9.90 Å². The molecule has 0 heterocycles. The number of carbonyl (C=O) groups is 1. The Morgan fingerprint density at radius 3 is 2.45 bits per heavy atom. The lowest BCUT2D eigenvalue weighted by Gasteiger charge is -2.25. The van der Waals surface area contributed by atoms with Crippen LogP contribution in [0, 0.1) is 0 Å². The van der Waals surface area contributed by atoms with Crippen LogP contribution in [0.4, 0.5) is 0 Å². The van der Waals surface area contributed by atoms with Crippen molar-refractivity contribution in [3.8, 4) is 5.75 Å². The third-order valence-corrected chi connectivity index (χ3v) is 3.46. The van der Waals surface area contributed by atoms with Gasteiger partial charge in [-0.25, -0.2) is 0 Å². The average molecular weight is 279 g/mol. The number of carboxylic acid groups (broad SMARTS) is 1. The standard InChI is InChI=1S/C16H25NO3/c1-4-13-7-9-14(10-8-13)20-12-6-11-16(3,15(18)19)17-5-2/h7-10,17H,4-6,11-12H2,1-3H3,(H,18,19). The van der Waals surface area contributed by atoms with Gasteiger partial charge in [0.1, 0.15) is 11.3 Å². The predicted molar refractivity (Wildman–Crippen MR) is 80.3 cm³/mol. The average Bonchev–Trinajstić information content (AvgIpc) is 2.44. The highest BCUT2D eigenvalue weighted by molar-refractivity contribution is 5.78. The van der Waals surface area contributed by atoms with E-state index in [1.165, 1.54) is 5.56 Å². The predicted octanol–water partition coefficient (Wildman–Crippen LogP) is 2.86. The molecule has 1 atom stereocenters. The number of likely N-dealkylation sites (N-methyl/N-ethyl adjacent to an activating group) is 1. The fourth-order valence-electron chi connectivity index (χ4n) is 2.10. The van der Waals surface area contributed by atoms with Gasteiger partial charge < -0.3 is 15.2 Å². The van der Waals surface area contributed by atoms with Gasteiger partial charge in [-0.05, 0) is 50.4 Å². The lowest BCUT2D eigenvalue weighted by Crippen LogP contribution is -2.49. The zero-order valence-electron chi connectivity index (χ0n) is 12.6. The molecule has 0 aliphatic heterocycles. The van der Waals surface area contributed by atoms with Crippen molar-refractivity contribution >= 4 is 5.97 Å². The van der Waals surface area contributed by atoms with Crippen molar-refractivity contribution in [2.24, 2.45) is 0 Å². The Balaban J connectivity index is 2.37. The number of aryl methyl sites for hydroxylation is 1. The highest BCUT2D eigenvalue weighted by Crippen LogP contribution is 2.16. The topological polar surface area (TPSA) is 58.6 Å². The molecule has 0 spiro atoms. The van der Waals surface area contributed by atoms with Crippen LogP contribution < -0.4 is 10.1 Å². The number of nitrogens with one attached hydrogen (secondary N) is 1. The van der Waals surface area contributed by atoms with Gasteiger partial charge in [0.15, 0.2) is 0 Å². The normalized spacial score (nSPS) is 13.8. The van der Waals surface area contributed by atoms with Crippen molar-refractivity contribution < 1.29 is 14.6 Å². The van der Waals surface area contributed by atoms with E-state index in [-0.39, 0.29) is 0 Å². The summed E-state index contributed by atoms with van der Waals surface area (Å²) in [6.07, 6.45) is 2.26. The molecule has 112 valence electrons. The van der Waals surface area contributed by atoms with Crippen LogP contribution in [0.1, 0.15) is 39.2 Å². The van der Waals surface area contributed by atoms with E-state index in [1.54, 1.807) is 6.92 Å². The smallest absolute Gasteiger partial charge is 0.323 e. The molecule has 0 amide bonds. The van der Waals surface area contributed by atoms with Crippen LogP contribution in [0.2, 0.25) is 0 Å². The molecule has 2 N–H and O–H groups in total. The first-order valence-corrected chi connectivity index (χ1v) is 7.22. The lowest BCUT2D eigenvalue weighted by molar-refractivity contribution is -0.144. The van der Waals surface area contributed by atoms with Gasteiger partial charge in [0.25, 0.3) is 0 Å². The molecule has 1 aromatic carbocycles. The molecule has 1 rings (SSSR count). The molecule has 0 saturated carbocycles. The van der Waals surface area contributed by atoms with Gasteiger partial charge in [0.05, 0.1) is 6.61 Å². The van der Waals surface area contributed by atoms with Crippen molar-refractivity contribution in [1.82, 2.24) is 5.32 Å². The molecular weight excluding hydrogens is 254 g/mol. The quantitative estimate of drug-likeness (QED) is 0.682. The summed E-state index contributed by atoms with van der Waals surface area (Å²) < 4.78 is 5.64. The zero-order valence-corrected chi connectivity index (χ0v) is 12.6. The second-order valence-electron chi connectivity index (χ2n) is 5.12. The summed E-state index contributed by atoms with van der Waals surface area (Å²) in [5.74, 6) is 0.0225. The van der Waals surface area contributed by atoms with Crippen molar-refractivity contribution in [3.05, 3.63) is 29.8 Å². The van der Waals surface area contributed by atoms with Gasteiger partial charge in [-0.3, -0.25) is 4.79 Å². The highest BCUT2D eigenvalue weighted by Gasteiger charge is 2.31. The number of ether oxygens (including phenoxy) is 1. The second kappa shape index (κ2) is 7.90. The number of carboxylic acids is 1. The van der Waals surface area contributed by atoms with E-state index < -0.39 is 11.5 Å². The minimum Gasteiger partial charge on any atom is -0.494 e. The maximum absolute atomic E-state index is 11.2. The summed E-state index contributed by atoms with van der Waals surface area (Å²) in [7, 11) is 0. The first-order chi connectivity index (χ1) is 9.51. The Labute approximate surface area is 121 Å². The lowest BCUT2D eigenvalue weighted by atomic mass is 9.96. The van der Waals surface area contributed by atoms with Crippen LogP contribution in [-0.4, -0.2) is 29.8 Å². The monoisotopic (exact) mass is 279 g/mol. The van der Waals surface area contributed by atoms with E-state index in [2.05, 4.69) is 24.4 Å². The molecule has 1 unspecified atom stereocenters. The van der Waals surface area contributed by atoms with E-state index in [0.717, 1.165) is 12.2 Å². The van der Waals surface area contributed by atoms with Crippen LogP contribution in [0.15, 0.2) is 24.3 Å². The Morgan fingerprint density at radius 1 is 1.30 bits per heavy atom. The molecule has 0 aliphatic rings. The number of aliphatic carboxylic acids is 1. The number of benzene rings is 1. The molecule has 20 heavy (non-hydrogen) atoms. The molecule has 0 aliphatic carbocycles. The van der Waals surface area contributed by atoms with Gasteiger partial charge in [-0.1, -0.05) is 26.0 Å². The molecule has 0 fully saturated rings. The van der Waals surface area contributed by atoms with Gasteiger partial charge in [0.2, 0.25) is 0 Å². The molecular formula is C16H25NO3. The van der Waals surface area contributed by atoms with E-state index in [1.807, 2.05) is 19.1 Å². The number of rotatable bonds is 9. The van der Waals surface area contributed by atoms with Gasteiger partial charge in [-0.15, -0.1) is 0 Å². The molecule has 0 bridgehead atoms. The number of hydrogen-bond donors (Lipinski definition) is 2. The fourth-order valence-corrected chi connectivity index (χ4v) is 2.10. The Bertz CT molecular complexity index is 416. The van der Waals surface area contributed by atoms with Crippen LogP contribution in [-0.2, 0) is 11.2 Å². The van der Waals surface area contributed by atoms with Crippen molar-refractivity contribution in [2.75, 3.05) is 13.2 Å². The third kappa shape index (κ3) is 4.85. The fraction of sp³-hybridized carbons (Fsp3) is 0.562. The summed E-state index contributed by atoms with van der Waals surface area (Å²) in [6, 6.07) is 8.02. The molecule has 0 radical (unpaired) electrons. The van der Waals surface area contributed by atoms with Crippen LogP contribution in [0.25, 0.3) is 0 Å². The minimum absolute atomic E-state index is 0.528. The molecule has 1 aromatic rings. The summed E-state index contributed by atoms with van der Waals surface area (Å²) in [6.45, 7) is 6.91. The molecule has 4 nitrogen and oxygen atoms in total. The summed E-state index contributed by atoms with van der Waals surface area (Å²) >= 11 is 0. The van der Waals surface area contributed by atoms with Crippen LogP contribution in [0.3, 0.4) is 0 Å². The molecule has 0 aromatic heterocycles. The summed E-state index contributed by atoms with van der Waals surface area (Å²) in [5, 5.41) is 12.3. The van der Waals surface area contributed by atoms with Gasteiger partial charge in [0, 0.05) is 0 Å². The van der Waals surface area contributed by atoms with E-state index in [4.69, 9.17) is 4.74 Å². The van der Waals surface area contributed by atoms with E-state index >= 15 is 0 Å². The SMILES string of the molecule is CCNC(C)(CCCOc1ccc(CC)cc1)C(=O)O. The van der Waals surface area contributed by atoms with Crippen LogP contribution >= 0.6 is 0 Å². The zero-order chi connectivity index (χ0) is 15.0. The minimum atomic E-state index is -0.871. The van der Waals surface area contributed by atoms with Gasteiger partial charge >= 0.3 is 5.97 Å². The van der Waals surface area contributed by atoms with Gasteiger partial charge in [-0.2, -0.15) is 0 Å². The van der Waals surface area contributed by atoms with E-state index in [0.29, 0.717) is 26.0 Å². The Morgan fingerprint density at radius 2 is 1.95 bits per heavy atom. The maximum Gasteiger partial charge on any atom is 0.323 e. The largest absolute Gasteiger partial charge is 0.494 e. The highest BCUT2D eigenvalue weighted by atomic mass is 16.5. The molecule has 4 heteroatoms. The van der Waals surface area contributed by atoms with Crippen molar-refractivity contribution in [3.63, 3.8) is 0 Å². The third-order valence-electron chi connectivity index (χ3n) is 3.46. The van der Waals surface area contributed by atoms with Crippen molar-refractivity contribution in [1.29, 1.82) is 0 Å². The summed E-state index contributed by atoms with van der Waals surface area (Å²) in [5.41, 5.74) is 0.410. The molecule has 0 saturated heterocycles. The Hall–Kier alpha value is -1.55. The van der Waals surface area contributed by atoms with Crippen LogP contribution in [0.5, 0.6) is 5.75 Å². The first kappa shape index (κ1) is 16.5. The second-order valence-corrected chi connectivity index (χ2v) is 5.12. The first-order valence-electron chi connectivity index (χ1n) is 7.22. The Kier molecular flexibility index (Phi) is 6.52. The summed E-state index contributed by atoms with van der Waals surface area (Å²) in [4.78, 5) is 11.2. The maximum atomic E-state index is 11.2.